The molecule has 0 aromatic heterocycles. The van der Waals surface area contributed by atoms with Gasteiger partial charge in [0.25, 0.3) is 0 Å². The molecule has 0 atom stereocenters. The first kappa shape index (κ1) is 10.7. The van der Waals surface area contributed by atoms with Crippen molar-refractivity contribution in [1.82, 2.24) is 0 Å². The SMILES string of the molecule is CNc1ccc(NO)cc1OC(C)C. The van der Waals surface area contributed by atoms with Crippen LogP contribution >= 0.6 is 0 Å². The summed E-state index contributed by atoms with van der Waals surface area (Å²) in [6, 6.07) is 5.35. The van der Waals surface area contributed by atoms with E-state index in [9.17, 15) is 0 Å². The first-order valence-corrected chi connectivity index (χ1v) is 4.56. The molecular formula is C10H16N2O2. The summed E-state index contributed by atoms with van der Waals surface area (Å²) in [6.45, 7) is 3.91. The summed E-state index contributed by atoms with van der Waals surface area (Å²) in [5.41, 5.74) is 3.60. The molecule has 0 fully saturated rings. The largest absolute Gasteiger partial charge is 0.489 e. The molecule has 78 valence electrons. The van der Waals surface area contributed by atoms with E-state index in [1.165, 1.54) is 0 Å². The average molecular weight is 196 g/mol. The summed E-state index contributed by atoms with van der Waals surface area (Å²) < 4.78 is 5.57. The number of hydrogen-bond donors (Lipinski definition) is 3. The van der Waals surface area contributed by atoms with Crippen LogP contribution in [0.4, 0.5) is 11.4 Å². The van der Waals surface area contributed by atoms with Gasteiger partial charge >= 0.3 is 0 Å². The van der Waals surface area contributed by atoms with E-state index in [1.807, 2.05) is 27.0 Å². The van der Waals surface area contributed by atoms with E-state index in [4.69, 9.17) is 9.94 Å². The van der Waals surface area contributed by atoms with Crippen LogP contribution in [-0.4, -0.2) is 18.4 Å². The van der Waals surface area contributed by atoms with Gasteiger partial charge in [-0.25, -0.2) is 0 Å². The minimum Gasteiger partial charge on any atom is -0.489 e. The summed E-state index contributed by atoms with van der Waals surface area (Å²) in [6.07, 6.45) is 0.107. The lowest BCUT2D eigenvalue weighted by atomic mass is 10.2. The highest BCUT2D eigenvalue weighted by Crippen LogP contribution is 2.28. The van der Waals surface area contributed by atoms with Crippen molar-refractivity contribution in [3.8, 4) is 5.75 Å². The van der Waals surface area contributed by atoms with Crippen molar-refractivity contribution in [2.45, 2.75) is 20.0 Å². The van der Waals surface area contributed by atoms with Crippen LogP contribution in [0.15, 0.2) is 18.2 Å². The molecule has 1 aromatic carbocycles. The molecule has 0 radical (unpaired) electrons. The highest BCUT2D eigenvalue weighted by Gasteiger charge is 2.05. The van der Waals surface area contributed by atoms with Gasteiger partial charge in [0.05, 0.1) is 17.5 Å². The molecule has 14 heavy (non-hydrogen) atoms. The molecule has 4 heteroatoms. The van der Waals surface area contributed by atoms with Crippen molar-refractivity contribution < 1.29 is 9.94 Å². The van der Waals surface area contributed by atoms with Crippen molar-refractivity contribution in [3.63, 3.8) is 0 Å². The molecule has 0 heterocycles. The van der Waals surface area contributed by atoms with Gasteiger partial charge < -0.3 is 10.1 Å². The summed E-state index contributed by atoms with van der Waals surface area (Å²) in [5, 5.41) is 11.8. The molecule has 4 nitrogen and oxygen atoms in total. The molecule has 0 unspecified atom stereocenters. The maximum absolute atomic E-state index is 8.73. The van der Waals surface area contributed by atoms with Crippen LogP contribution in [0, 0.1) is 0 Å². The van der Waals surface area contributed by atoms with E-state index >= 15 is 0 Å². The highest BCUT2D eigenvalue weighted by molar-refractivity contribution is 5.63. The monoisotopic (exact) mass is 196 g/mol. The van der Waals surface area contributed by atoms with E-state index in [2.05, 4.69) is 10.8 Å². The molecule has 0 amide bonds. The third kappa shape index (κ3) is 2.53. The molecule has 1 rings (SSSR count). The van der Waals surface area contributed by atoms with Gasteiger partial charge in [-0.15, -0.1) is 0 Å². The zero-order chi connectivity index (χ0) is 10.6. The molecule has 0 spiro atoms. The fraction of sp³-hybridized carbons (Fsp3) is 0.400. The van der Waals surface area contributed by atoms with Gasteiger partial charge in [-0.3, -0.25) is 10.7 Å². The second-order valence-corrected chi connectivity index (χ2v) is 3.24. The van der Waals surface area contributed by atoms with Gasteiger partial charge in [-0.05, 0) is 26.0 Å². The standard InChI is InChI=1S/C10H16N2O2/c1-7(2)14-10-6-8(12-13)4-5-9(10)11-3/h4-7,11-13H,1-3H3. The Hall–Kier alpha value is -1.42. The molecular weight excluding hydrogens is 180 g/mol. The van der Waals surface area contributed by atoms with Crippen LogP contribution in [-0.2, 0) is 0 Å². The zero-order valence-electron chi connectivity index (χ0n) is 8.66. The molecule has 0 aliphatic rings. The van der Waals surface area contributed by atoms with Crippen LogP contribution < -0.4 is 15.5 Å². The number of anilines is 2. The lowest BCUT2D eigenvalue weighted by Gasteiger charge is -2.14. The average Bonchev–Trinajstić information content (AvgIpc) is 2.16. The summed E-state index contributed by atoms with van der Waals surface area (Å²) >= 11 is 0. The fourth-order valence-electron chi connectivity index (χ4n) is 1.15. The Morgan fingerprint density at radius 2 is 2.07 bits per heavy atom. The number of nitrogens with one attached hydrogen (secondary N) is 2. The minimum atomic E-state index is 0.107. The minimum absolute atomic E-state index is 0.107. The Balaban J connectivity index is 2.96. The van der Waals surface area contributed by atoms with Crippen molar-refractivity contribution in [3.05, 3.63) is 18.2 Å². The van der Waals surface area contributed by atoms with Crippen LogP contribution in [0.2, 0.25) is 0 Å². The van der Waals surface area contributed by atoms with E-state index < -0.39 is 0 Å². The molecule has 0 aliphatic carbocycles. The molecule has 0 bridgehead atoms. The lowest BCUT2D eigenvalue weighted by molar-refractivity contribution is 0.243. The highest BCUT2D eigenvalue weighted by atomic mass is 16.5. The molecule has 0 aliphatic heterocycles. The van der Waals surface area contributed by atoms with E-state index in [-0.39, 0.29) is 6.10 Å². The van der Waals surface area contributed by atoms with Gasteiger partial charge in [0, 0.05) is 13.1 Å². The summed E-state index contributed by atoms with van der Waals surface area (Å²) in [4.78, 5) is 0. The fourth-order valence-corrected chi connectivity index (χ4v) is 1.15. The van der Waals surface area contributed by atoms with E-state index in [0.717, 1.165) is 11.4 Å². The van der Waals surface area contributed by atoms with Gasteiger partial charge in [0.1, 0.15) is 5.75 Å². The third-order valence-electron chi connectivity index (χ3n) is 1.74. The van der Waals surface area contributed by atoms with Crippen LogP contribution in [0.25, 0.3) is 0 Å². The maximum atomic E-state index is 8.73. The second kappa shape index (κ2) is 4.72. The number of ether oxygens (including phenoxy) is 1. The van der Waals surface area contributed by atoms with Crippen molar-refractivity contribution >= 4 is 11.4 Å². The second-order valence-electron chi connectivity index (χ2n) is 3.24. The third-order valence-corrected chi connectivity index (χ3v) is 1.74. The first-order chi connectivity index (χ1) is 6.67. The predicted octanol–water partition coefficient (Wildman–Crippen LogP) is 2.32. The zero-order valence-corrected chi connectivity index (χ0v) is 8.66. The van der Waals surface area contributed by atoms with Crippen molar-refractivity contribution in [1.29, 1.82) is 0 Å². The topological polar surface area (TPSA) is 53.5 Å². The van der Waals surface area contributed by atoms with Crippen molar-refractivity contribution in [2.24, 2.45) is 0 Å². The first-order valence-electron chi connectivity index (χ1n) is 4.56. The number of rotatable bonds is 4. The molecule has 1 aromatic rings. The van der Waals surface area contributed by atoms with Gasteiger partial charge in [0.15, 0.2) is 0 Å². The Kier molecular flexibility index (Phi) is 3.59. The summed E-state index contributed by atoms with van der Waals surface area (Å²) in [5.74, 6) is 0.724. The maximum Gasteiger partial charge on any atom is 0.144 e. The molecule has 3 N–H and O–H groups in total. The lowest BCUT2D eigenvalue weighted by Crippen LogP contribution is -2.07. The smallest absolute Gasteiger partial charge is 0.144 e. The number of benzene rings is 1. The Bertz CT molecular complexity index is 300. The Morgan fingerprint density at radius 1 is 1.36 bits per heavy atom. The predicted molar refractivity (Wildman–Crippen MR) is 57.2 cm³/mol. The van der Waals surface area contributed by atoms with Gasteiger partial charge in [-0.1, -0.05) is 0 Å². The summed E-state index contributed by atoms with van der Waals surface area (Å²) in [7, 11) is 1.83. The number of hydrogen-bond acceptors (Lipinski definition) is 4. The van der Waals surface area contributed by atoms with Crippen LogP contribution in [0.5, 0.6) is 5.75 Å². The normalized spacial score (nSPS) is 10.1. The Labute approximate surface area is 83.9 Å². The van der Waals surface area contributed by atoms with Crippen LogP contribution in [0.1, 0.15) is 13.8 Å². The van der Waals surface area contributed by atoms with Gasteiger partial charge in [0.2, 0.25) is 0 Å². The Morgan fingerprint density at radius 3 is 2.57 bits per heavy atom. The molecule has 0 saturated heterocycles. The van der Waals surface area contributed by atoms with Crippen molar-refractivity contribution in [2.75, 3.05) is 17.8 Å². The van der Waals surface area contributed by atoms with Crippen LogP contribution in [0.3, 0.4) is 0 Å². The van der Waals surface area contributed by atoms with Gasteiger partial charge in [-0.2, -0.15) is 0 Å². The molecule has 0 saturated carbocycles. The van der Waals surface area contributed by atoms with E-state index in [0.29, 0.717) is 5.69 Å². The van der Waals surface area contributed by atoms with E-state index in [1.54, 1.807) is 12.1 Å². The quantitative estimate of drug-likeness (QED) is 0.647.